The van der Waals surface area contributed by atoms with Gasteiger partial charge in [0.25, 0.3) is 0 Å². The molecule has 2 atom stereocenters. The van der Waals surface area contributed by atoms with Gasteiger partial charge < -0.3 is 10.2 Å². The number of hydrogen-bond donors (Lipinski definition) is 1. The van der Waals surface area contributed by atoms with Crippen LogP contribution in [0.15, 0.2) is 0 Å². The van der Waals surface area contributed by atoms with E-state index in [0.717, 1.165) is 12.0 Å². The molecule has 14 heavy (non-hydrogen) atoms. The van der Waals surface area contributed by atoms with Crippen molar-refractivity contribution in [1.29, 1.82) is 0 Å². The second kappa shape index (κ2) is 4.60. The zero-order valence-electron chi connectivity index (χ0n) is 9.50. The summed E-state index contributed by atoms with van der Waals surface area (Å²) in [6.07, 6.45) is 1.32. The van der Waals surface area contributed by atoms with E-state index in [2.05, 4.69) is 29.1 Å². The first-order valence-electron chi connectivity index (χ1n) is 5.94. The Morgan fingerprint density at radius 3 is 2.50 bits per heavy atom. The van der Waals surface area contributed by atoms with E-state index in [0.29, 0.717) is 0 Å². The Labute approximate surface area is 87.4 Å². The highest BCUT2D eigenvalue weighted by molar-refractivity contribution is 4.89. The first-order valence-corrected chi connectivity index (χ1v) is 5.94. The molecule has 3 nitrogen and oxygen atoms in total. The molecule has 0 spiro atoms. The molecule has 0 amide bonds. The van der Waals surface area contributed by atoms with Gasteiger partial charge in [-0.2, -0.15) is 0 Å². The van der Waals surface area contributed by atoms with Crippen LogP contribution in [0.1, 0.15) is 13.3 Å². The van der Waals surface area contributed by atoms with E-state index in [1.54, 1.807) is 0 Å². The van der Waals surface area contributed by atoms with Crippen LogP contribution in [0.5, 0.6) is 0 Å². The first kappa shape index (κ1) is 10.4. The molecule has 2 rings (SSSR count). The number of rotatable bonds is 2. The smallest absolute Gasteiger partial charge is 0.0261 e. The molecule has 0 bridgehead atoms. The van der Waals surface area contributed by atoms with Crippen molar-refractivity contribution in [2.45, 2.75) is 19.4 Å². The maximum absolute atomic E-state index is 3.53. The highest BCUT2D eigenvalue weighted by Crippen LogP contribution is 2.19. The summed E-state index contributed by atoms with van der Waals surface area (Å²) in [6, 6.07) is 0.814. The summed E-state index contributed by atoms with van der Waals surface area (Å²) in [5, 5.41) is 3.53. The molecule has 2 unspecified atom stereocenters. The Balaban J connectivity index is 1.88. The lowest BCUT2D eigenvalue weighted by atomic mass is 9.99. The third-order valence-corrected chi connectivity index (χ3v) is 3.84. The van der Waals surface area contributed by atoms with Crippen LogP contribution in [-0.4, -0.2) is 62.2 Å². The molecule has 82 valence electrons. The average Bonchev–Trinajstić information content (AvgIpc) is 2.67. The van der Waals surface area contributed by atoms with Crippen LogP contribution >= 0.6 is 0 Å². The third kappa shape index (κ3) is 2.10. The van der Waals surface area contributed by atoms with Crippen LogP contribution in [0.4, 0.5) is 0 Å². The van der Waals surface area contributed by atoms with Gasteiger partial charge in [-0.05, 0) is 19.5 Å². The fourth-order valence-electron chi connectivity index (χ4n) is 2.72. The van der Waals surface area contributed by atoms with Gasteiger partial charge in [-0.25, -0.2) is 0 Å². The third-order valence-electron chi connectivity index (χ3n) is 3.84. The van der Waals surface area contributed by atoms with Crippen LogP contribution in [0.2, 0.25) is 0 Å². The molecular formula is C11H23N3. The van der Waals surface area contributed by atoms with Crippen molar-refractivity contribution >= 4 is 0 Å². The van der Waals surface area contributed by atoms with Crippen molar-refractivity contribution < 1.29 is 0 Å². The number of nitrogens with one attached hydrogen (secondary N) is 1. The predicted octanol–water partition coefficient (Wildman–Crippen LogP) is 0.232. The predicted molar refractivity (Wildman–Crippen MR) is 59.5 cm³/mol. The van der Waals surface area contributed by atoms with Crippen LogP contribution < -0.4 is 5.32 Å². The fraction of sp³-hybridized carbons (Fsp3) is 1.00. The van der Waals surface area contributed by atoms with Gasteiger partial charge in [0, 0.05) is 38.8 Å². The Morgan fingerprint density at radius 2 is 1.86 bits per heavy atom. The molecule has 2 aliphatic heterocycles. The molecule has 2 aliphatic rings. The summed E-state index contributed by atoms with van der Waals surface area (Å²) in [4.78, 5) is 5.12. The molecule has 2 saturated heterocycles. The van der Waals surface area contributed by atoms with E-state index in [4.69, 9.17) is 0 Å². The van der Waals surface area contributed by atoms with Crippen molar-refractivity contribution in [2.24, 2.45) is 5.92 Å². The van der Waals surface area contributed by atoms with Crippen LogP contribution in [0.25, 0.3) is 0 Å². The molecule has 0 aliphatic carbocycles. The van der Waals surface area contributed by atoms with Crippen molar-refractivity contribution in [3.63, 3.8) is 0 Å². The number of likely N-dealkylation sites (N-methyl/N-ethyl adjacent to an activating group) is 1. The summed E-state index contributed by atoms with van der Waals surface area (Å²) in [6.45, 7) is 9.77. The van der Waals surface area contributed by atoms with E-state index in [1.165, 1.54) is 45.7 Å². The van der Waals surface area contributed by atoms with Crippen LogP contribution in [0.3, 0.4) is 0 Å². The SMILES string of the molecule is CCC1CNCC1N1CCN(C)CC1. The van der Waals surface area contributed by atoms with Crippen molar-refractivity contribution in [3.8, 4) is 0 Å². The maximum Gasteiger partial charge on any atom is 0.0261 e. The van der Waals surface area contributed by atoms with Gasteiger partial charge in [0.1, 0.15) is 0 Å². The van der Waals surface area contributed by atoms with E-state index < -0.39 is 0 Å². The zero-order valence-corrected chi connectivity index (χ0v) is 9.50. The second-order valence-corrected chi connectivity index (χ2v) is 4.73. The van der Waals surface area contributed by atoms with Gasteiger partial charge in [0.15, 0.2) is 0 Å². The molecule has 2 heterocycles. The Morgan fingerprint density at radius 1 is 1.14 bits per heavy atom. The summed E-state index contributed by atoms with van der Waals surface area (Å²) >= 11 is 0. The Bertz CT molecular complexity index is 175. The second-order valence-electron chi connectivity index (χ2n) is 4.73. The molecule has 0 aromatic rings. The Kier molecular flexibility index (Phi) is 3.42. The normalized spacial score (nSPS) is 36.4. The van der Waals surface area contributed by atoms with Gasteiger partial charge in [-0.3, -0.25) is 4.90 Å². The van der Waals surface area contributed by atoms with Gasteiger partial charge in [0.2, 0.25) is 0 Å². The molecular weight excluding hydrogens is 174 g/mol. The number of nitrogens with zero attached hydrogens (tertiary/aromatic N) is 2. The van der Waals surface area contributed by atoms with E-state index in [9.17, 15) is 0 Å². The van der Waals surface area contributed by atoms with Gasteiger partial charge in [-0.15, -0.1) is 0 Å². The minimum absolute atomic E-state index is 0.814. The molecule has 1 N–H and O–H groups in total. The van der Waals surface area contributed by atoms with E-state index in [-0.39, 0.29) is 0 Å². The van der Waals surface area contributed by atoms with Crippen LogP contribution in [0, 0.1) is 5.92 Å². The minimum Gasteiger partial charge on any atom is -0.315 e. The van der Waals surface area contributed by atoms with Crippen LogP contribution in [-0.2, 0) is 0 Å². The molecule has 0 radical (unpaired) electrons. The topological polar surface area (TPSA) is 18.5 Å². The lowest BCUT2D eigenvalue weighted by Gasteiger charge is -2.38. The fourth-order valence-corrected chi connectivity index (χ4v) is 2.72. The molecule has 0 aromatic heterocycles. The molecule has 0 aromatic carbocycles. The lowest BCUT2D eigenvalue weighted by molar-refractivity contribution is 0.0982. The number of hydrogen-bond acceptors (Lipinski definition) is 3. The lowest BCUT2D eigenvalue weighted by Crippen LogP contribution is -2.51. The average molecular weight is 197 g/mol. The highest BCUT2D eigenvalue weighted by atomic mass is 15.3. The van der Waals surface area contributed by atoms with Gasteiger partial charge in [0.05, 0.1) is 0 Å². The summed E-state index contributed by atoms with van der Waals surface area (Å²) in [7, 11) is 2.22. The molecule has 0 saturated carbocycles. The molecule has 2 fully saturated rings. The highest BCUT2D eigenvalue weighted by Gasteiger charge is 2.31. The monoisotopic (exact) mass is 197 g/mol. The first-order chi connectivity index (χ1) is 6.81. The van der Waals surface area contributed by atoms with Crippen molar-refractivity contribution in [3.05, 3.63) is 0 Å². The Hall–Kier alpha value is -0.120. The van der Waals surface area contributed by atoms with Gasteiger partial charge in [-0.1, -0.05) is 13.3 Å². The largest absolute Gasteiger partial charge is 0.315 e. The summed E-state index contributed by atoms with van der Waals surface area (Å²) in [5.41, 5.74) is 0. The summed E-state index contributed by atoms with van der Waals surface area (Å²) < 4.78 is 0. The molecule has 3 heteroatoms. The van der Waals surface area contributed by atoms with Gasteiger partial charge >= 0.3 is 0 Å². The van der Waals surface area contributed by atoms with E-state index in [1.807, 2.05) is 0 Å². The van der Waals surface area contributed by atoms with Crippen molar-refractivity contribution in [1.82, 2.24) is 15.1 Å². The quantitative estimate of drug-likeness (QED) is 0.684. The van der Waals surface area contributed by atoms with E-state index >= 15 is 0 Å². The zero-order chi connectivity index (χ0) is 9.97. The van der Waals surface area contributed by atoms with Crippen molar-refractivity contribution in [2.75, 3.05) is 46.3 Å². The minimum atomic E-state index is 0.814. The summed E-state index contributed by atoms with van der Waals surface area (Å²) in [5.74, 6) is 0.887. The standard InChI is InChI=1S/C11H23N3/c1-3-10-8-12-9-11(10)14-6-4-13(2)5-7-14/h10-12H,3-9H2,1-2H3. The number of piperazine rings is 1. The maximum atomic E-state index is 3.53.